The number of aryl methyl sites for hydroxylation is 1. The summed E-state index contributed by atoms with van der Waals surface area (Å²) >= 11 is 0. The molecule has 1 aromatic heterocycles. The number of likely N-dealkylation sites (N-methyl/N-ethyl adjacent to an activating group) is 1. The molecule has 2 aliphatic rings. The molecule has 1 aliphatic carbocycles. The monoisotopic (exact) mass is 352 g/mol. The second-order valence-electron chi connectivity index (χ2n) is 7.47. The Balaban J connectivity index is 1.55. The number of carbonyl (C=O) groups is 2. The molecule has 1 unspecified atom stereocenters. The van der Waals surface area contributed by atoms with E-state index in [2.05, 4.69) is 33.7 Å². The largest absolute Gasteiger partial charge is 0.359 e. The highest BCUT2D eigenvalue weighted by molar-refractivity contribution is 5.92. The number of likely N-dealkylation sites (tertiary alicyclic amines) is 1. The number of hydrogen-bond acceptors (Lipinski definition) is 3. The Morgan fingerprint density at radius 2 is 2.00 bits per heavy atom. The average molecular weight is 352 g/mol. The maximum Gasteiger partial charge on any atom is 0.274 e. The Morgan fingerprint density at radius 3 is 2.65 bits per heavy atom. The van der Waals surface area contributed by atoms with Crippen molar-refractivity contribution < 1.29 is 9.59 Å². The second-order valence-corrected chi connectivity index (χ2v) is 7.47. The highest BCUT2D eigenvalue weighted by Crippen LogP contribution is 2.51. The Labute approximate surface area is 153 Å². The number of amides is 2. The smallest absolute Gasteiger partial charge is 0.274 e. The molecule has 2 amide bonds. The van der Waals surface area contributed by atoms with Crippen molar-refractivity contribution in [3.8, 4) is 0 Å². The van der Waals surface area contributed by atoms with Crippen molar-refractivity contribution in [2.75, 3.05) is 20.1 Å². The zero-order valence-electron chi connectivity index (χ0n) is 15.2. The van der Waals surface area contributed by atoms with E-state index in [1.165, 1.54) is 5.56 Å². The zero-order valence-corrected chi connectivity index (χ0v) is 15.2. The number of carbonyl (C=O) groups excluding carboxylic acids is 2. The number of nitrogens with one attached hydrogen (secondary N) is 2. The molecule has 0 bridgehead atoms. The minimum atomic E-state index is -0.0903. The van der Waals surface area contributed by atoms with Crippen LogP contribution in [0.4, 0.5) is 0 Å². The average Bonchev–Trinajstić information content (AvgIpc) is 3.24. The molecule has 1 aromatic carbocycles. The predicted molar refractivity (Wildman–Crippen MR) is 98.0 cm³/mol. The molecule has 0 saturated carbocycles. The van der Waals surface area contributed by atoms with Crippen molar-refractivity contribution in [2.24, 2.45) is 0 Å². The Kier molecular flexibility index (Phi) is 4.05. The van der Waals surface area contributed by atoms with Gasteiger partial charge in [-0.15, -0.1) is 0 Å². The fraction of sp³-hybridized carbons (Fsp3) is 0.450. The summed E-state index contributed by atoms with van der Waals surface area (Å²) in [7, 11) is 1.70. The van der Waals surface area contributed by atoms with Gasteiger partial charge in [0, 0.05) is 31.2 Å². The lowest BCUT2D eigenvalue weighted by molar-refractivity contribution is -0.122. The Morgan fingerprint density at radius 1 is 1.27 bits per heavy atom. The van der Waals surface area contributed by atoms with Gasteiger partial charge in [-0.25, -0.2) is 0 Å². The number of benzene rings is 1. The van der Waals surface area contributed by atoms with Gasteiger partial charge < -0.3 is 10.2 Å². The van der Waals surface area contributed by atoms with Gasteiger partial charge in [0.1, 0.15) is 5.69 Å². The fourth-order valence-corrected chi connectivity index (χ4v) is 4.60. The van der Waals surface area contributed by atoms with Crippen molar-refractivity contribution >= 4 is 11.8 Å². The molecular formula is C20H24N4O2. The minimum Gasteiger partial charge on any atom is -0.359 e. The van der Waals surface area contributed by atoms with Crippen LogP contribution in [-0.2, 0) is 10.2 Å². The van der Waals surface area contributed by atoms with Gasteiger partial charge in [-0.2, -0.15) is 5.10 Å². The summed E-state index contributed by atoms with van der Waals surface area (Å²) in [6.45, 7) is 3.28. The molecule has 1 aliphatic heterocycles. The maximum atomic E-state index is 12.7. The lowest BCUT2D eigenvalue weighted by atomic mass is 9.73. The van der Waals surface area contributed by atoms with Gasteiger partial charge in [0.15, 0.2) is 0 Å². The van der Waals surface area contributed by atoms with Gasteiger partial charge >= 0.3 is 0 Å². The molecule has 1 atom stereocenters. The van der Waals surface area contributed by atoms with E-state index in [-0.39, 0.29) is 23.1 Å². The van der Waals surface area contributed by atoms with E-state index in [1.54, 1.807) is 13.1 Å². The van der Waals surface area contributed by atoms with E-state index in [9.17, 15) is 9.59 Å². The van der Waals surface area contributed by atoms with Gasteiger partial charge in [-0.3, -0.25) is 14.7 Å². The quantitative estimate of drug-likeness (QED) is 0.869. The zero-order chi connectivity index (χ0) is 18.3. The first-order chi connectivity index (χ1) is 12.5. The molecule has 6 nitrogen and oxygen atoms in total. The summed E-state index contributed by atoms with van der Waals surface area (Å²) in [6.07, 6.45) is 2.59. The van der Waals surface area contributed by atoms with E-state index in [1.807, 2.05) is 17.9 Å². The number of hydrogen-bond donors (Lipinski definition) is 2. The highest BCUT2D eigenvalue weighted by atomic mass is 16.2. The first kappa shape index (κ1) is 16.8. The van der Waals surface area contributed by atoms with E-state index in [0.717, 1.165) is 30.5 Å². The molecule has 1 fully saturated rings. The van der Waals surface area contributed by atoms with Crippen LogP contribution in [0.3, 0.4) is 0 Å². The van der Waals surface area contributed by atoms with Crippen LogP contribution in [0.15, 0.2) is 30.3 Å². The van der Waals surface area contributed by atoms with E-state index >= 15 is 0 Å². The fourth-order valence-electron chi connectivity index (χ4n) is 4.60. The highest BCUT2D eigenvalue weighted by Gasteiger charge is 2.47. The summed E-state index contributed by atoms with van der Waals surface area (Å²) in [5, 5.41) is 9.73. The summed E-state index contributed by atoms with van der Waals surface area (Å²) in [6, 6.07) is 10.1. The number of H-pyrrole nitrogens is 1. The normalized spacial score (nSPS) is 20.8. The molecule has 2 aromatic rings. The molecule has 136 valence electrons. The minimum absolute atomic E-state index is 0.00790. The third-order valence-electron chi connectivity index (χ3n) is 6.00. The van der Waals surface area contributed by atoms with Crippen molar-refractivity contribution in [2.45, 2.75) is 37.5 Å². The van der Waals surface area contributed by atoms with Crippen molar-refractivity contribution in [1.82, 2.24) is 20.4 Å². The molecule has 1 saturated heterocycles. The van der Waals surface area contributed by atoms with E-state index < -0.39 is 0 Å². The van der Waals surface area contributed by atoms with Crippen molar-refractivity contribution in [3.05, 3.63) is 52.8 Å². The summed E-state index contributed by atoms with van der Waals surface area (Å²) in [4.78, 5) is 26.9. The van der Waals surface area contributed by atoms with Crippen LogP contribution < -0.4 is 5.32 Å². The molecule has 0 radical (unpaired) electrons. The number of aromatic amines is 1. The lowest BCUT2D eigenvalue weighted by Crippen LogP contribution is -2.44. The number of fused-ring (bicyclic) bond motifs is 2. The molecule has 4 rings (SSSR count). The first-order valence-corrected chi connectivity index (χ1v) is 9.16. The van der Waals surface area contributed by atoms with Gasteiger partial charge in [-0.05, 0) is 43.4 Å². The van der Waals surface area contributed by atoms with Crippen molar-refractivity contribution in [3.63, 3.8) is 0 Å². The van der Waals surface area contributed by atoms with E-state index in [4.69, 9.17) is 0 Å². The molecular weight excluding hydrogens is 328 g/mol. The Hall–Kier alpha value is -2.63. The van der Waals surface area contributed by atoms with Crippen molar-refractivity contribution in [1.29, 1.82) is 0 Å². The van der Waals surface area contributed by atoms with Crippen LogP contribution in [-0.4, -0.2) is 47.0 Å². The number of piperidine rings is 1. The SMILES string of the molecule is CNC(=O)C1CC2(CCN(C(=O)c3cc(C)[nH]n3)CC2)c2ccccc21. The summed E-state index contributed by atoms with van der Waals surface area (Å²) in [5.41, 5.74) is 3.80. The number of nitrogens with zero attached hydrogens (tertiary/aromatic N) is 2. The van der Waals surface area contributed by atoms with Gasteiger partial charge in [0.25, 0.3) is 5.91 Å². The van der Waals surface area contributed by atoms with Crippen LogP contribution in [0.25, 0.3) is 0 Å². The van der Waals surface area contributed by atoms with Gasteiger partial charge in [0.05, 0.1) is 5.92 Å². The Bertz CT molecular complexity index is 849. The second kappa shape index (κ2) is 6.27. The molecule has 26 heavy (non-hydrogen) atoms. The van der Waals surface area contributed by atoms with Gasteiger partial charge in [0.2, 0.25) is 5.91 Å². The van der Waals surface area contributed by atoms with Crippen LogP contribution in [0.2, 0.25) is 0 Å². The van der Waals surface area contributed by atoms with Crippen LogP contribution in [0.1, 0.15) is 52.5 Å². The van der Waals surface area contributed by atoms with Crippen LogP contribution >= 0.6 is 0 Å². The number of rotatable bonds is 2. The predicted octanol–water partition coefficient (Wildman–Crippen LogP) is 2.13. The van der Waals surface area contributed by atoms with Crippen LogP contribution in [0, 0.1) is 6.92 Å². The molecule has 2 N–H and O–H groups in total. The summed E-state index contributed by atoms with van der Waals surface area (Å²) in [5.74, 6) is -0.0226. The summed E-state index contributed by atoms with van der Waals surface area (Å²) < 4.78 is 0. The van der Waals surface area contributed by atoms with Gasteiger partial charge in [-0.1, -0.05) is 24.3 Å². The number of aromatic nitrogens is 2. The standard InChI is InChI=1S/C20H24N4O2/c1-13-11-17(23-22-13)19(26)24-9-7-20(8-10-24)12-15(18(25)21-2)14-5-3-4-6-16(14)20/h3-6,11,15H,7-10,12H2,1-2H3,(H,21,25)(H,22,23). The van der Waals surface area contributed by atoms with Crippen LogP contribution in [0.5, 0.6) is 0 Å². The first-order valence-electron chi connectivity index (χ1n) is 9.16. The lowest BCUT2D eigenvalue weighted by Gasteiger charge is -2.40. The third-order valence-corrected chi connectivity index (χ3v) is 6.00. The molecule has 1 spiro atoms. The molecule has 2 heterocycles. The third kappa shape index (κ3) is 2.60. The van der Waals surface area contributed by atoms with E-state index in [0.29, 0.717) is 18.8 Å². The molecule has 6 heteroatoms. The topological polar surface area (TPSA) is 78.1 Å². The maximum absolute atomic E-state index is 12.7.